The lowest BCUT2D eigenvalue weighted by Crippen LogP contribution is -2.30. The molecule has 2 heterocycles. The molecule has 1 aliphatic carbocycles. The molecule has 0 amide bonds. The number of ketones is 1. The number of rotatable bonds is 5. The second-order valence-corrected chi connectivity index (χ2v) is 9.56. The highest BCUT2D eigenvalue weighted by atomic mass is 16.1. The molecule has 5 heteroatoms. The molecule has 152 valence electrons. The summed E-state index contributed by atoms with van der Waals surface area (Å²) in [5.41, 5.74) is 5.72. The van der Waals surface area contributed by atoms with Crippen molar-refractivity contribution in [3.8, 4) is 0 Å². The number of hydrogen-bond acceptors (Lipinski definition) is 4. The Labute approximate surface area is 173 Å². The maximum atomic E-state index is 13.2. The predicted octanol–water partition coefficient (Wildman–Crippen LogP) is 4.35. The summed E-state index contributed by atoms with van der Waals surface area (Å²) >= 11 is 0. The van der Waals surface area contributed by atoms with Crippen molar-refractivity contribution in [3.63, 3.8) is 0 Å². The summed E-state index contributed by atoms with van der Waals surface area (Å²) in [6.07, 6.45) is 2.39. The summed E-state index contributed by atoms with van der Waals surface area (Å²) in [6, 6.07) is 10.3. The standard InChI is InChI=1S/C24H30N4O/c1-24(2,3)18-10-17(11-19(12-18)27(4)5)21(29)14-28-13-16-8-9-20(15-6-7-15)26-22(16)23(28)25/h8-12,15,25H,6-7,13-14H2,1-5H3. The number of fused-ring (bicyclic) bond motifs is 1. The molecule has 2 aliphatic rings. The number of anilines is 1. The molecule has 5 nitrogen and oxygen atoms in total. The molecule has 1 saturated carbocycles. The first kappa shape index (κ1) is 19.6. The van der Waals surface area contributed by atoms with Crippen molar-refractivity contribution in [1.29, 1.82) is 5.41 Å². The van der Waals surface area contributed by atoms with Crippen molar-refractivity contribution in [1.82, 2.24) is 9.88 Å². The second kappa shape index (κ2) is 6.97. The van der Waals surface area contributed by atoms with E-state index in [-0.39, 0.29) is 17.7 Å². The molecule has 0 spiro atoms. The SMILES string of the molecule is CN(C)c1cc(C(=O)CN2Cc3ccc(C4CC4)nc3C2=N)cc(C(C)(C)C)c1. The molecule has 2 aromatic rings. The monoisotopic (exact) mass is 390 g/mol. The number of pyridine rings is 1. The van der Waals surface area contributed by atoms with Crippen molar-refractivity contribution in [2.45, 2.75) is 51.5 Å². The Kier molecular flexibility index (Phi) is 4.72. The van der Waals surface area contributed by atoms with E-state index < -0.39 is 0 Å². The maximum absolute atomic E-state index is 13.2. The van der Waals surface area contributed by atoms with Crippen molar-refractivity contribution < 1.29 is 4.79 Å². The lowest BCUT2D eigenvalue weighted by Gasteiger charge is -2.24. The Balaban J connectivity index is 1.56. The minimum absolute atomic E-state index is 0.0409. The van der Waals surface area contributed by atoms with Crippen molar-refractivity contribution in [2.24, 2.45) is 0 Å². The number of carbonyl (C=O) groups is 1. The Morgan fingerprint density at radius 3 is 2.55 bits per heavy atom. The van der Waals surface area contributed by atoms with E-state index in [0.29, 0.717) is 23.9 Å². The van der Waals surface area contributed by atoms with E-state index in [9.17, 15) is 4.79 Å². The van der Waals surface area contributed by atoms with E-state index in [1.54, 1.807) is 0 Å². The van der Waals surface area contributed by atoms with Gasteiger partial charge < -0.3 is 9.80 Å². The molecular formula is C24H30N4O. The highest BCUT2D eigenvalue weighted by Gasteiger charge is 2.31. The third-order valence-corrected chi connectivity index (χ3v) is 5.85. The molecule has 1 fully saturated rings. The van der Waals surface area contributed by atoms with Gasteiger partial charge in [0, 0.05) is 49.1 Å². The van der Waals surface area contributed by atoms with Crippen LogP contribution in [-0.2, 0) is 12.0 Å². The van der Waals surface area contributed by atoms with Crippen molar-refractivity contribution in [2.75, 3.05) is 25.5 Å². The number of hydrogen-bond donors (Lipinski definition) is 1. The molecule has 1 N–H and O–H groups in total. The fourth-order valence-electron chi connectivity index (χ4n) is 3.74. The molecular weight excluding hydrogens is 360 g/mol. The molecule has 0 unspecified atom stereocenters. The number of carbonyl (C=O) groups excluding carboxylic acids is 1. The molecule has 1 aromatic carbocycles. The van der Waals surface area contributed by atoms with Gasteiger partial charge in [-0.25, -0.2) is 4.98 Å². The van der Waals surface area contributed by atoms with Crippen LogP contribution in [0.25, 0.3) is 0 Å². The molecule has 4 rings (SSSR count). The van der Waals surface area contributed by atoms with Crippen LogP contribution in [0.2, 0.25) is 0 Å². The van der Waals surface area contributed by atoms with Crippen molar-refractivity contribution >= 4 is 17.3 Å². The zero-order valence-corrected chi connectivity index (χ0v) is 18.0. The number of nitrogens with zero attached hydrogens (tertiary/aromatic N) is 3. The van der Waals surface area contributed by atoms with E-state index in [1.165, 1.54) is 12.8 Å². The van der Waals surface area contributed by atoms with Crippen LogP contribution >= 0.6 is 0 Å². The number of amidine groups is 1. The van der Waals surface area contributed by atoms with Gasteiger partial charge in [0.1, 0.15) is 11.5 Å². The van der Waals surface area contributed by atoms with Gasteiger partial charge in [-0.2, -0.15) is 0 Å². The Morgan fingerprint density at radius 2 is 1.93 bits per heavy atom. The smallest absolute Gasteiger partial charge is 0.182 e. The molecule has 1 aliphatic heterocycles. The molecule has 1 aromatic heterocycles. The van der Waals surface area contributed by atoms with Gasteiger partial charge in [0.15, 0.2) is 5.78 Å². The largest absolute Gasteiger partial charge is 0.378 e. The van der Waals surface area contributed by atoms with E-state index in [4.69, 9.17) is 10.4 Å². The molecule has 0 saturated heterocycles. The molecule has 0 radical (unpaired) electrons. The maximum Gasteiger partial charge on any atom is 0.182 e. The normalized spacial score (nSPS) is 16.2. The quantitative estimate of drug-likeness (QED) is 0.771. The first-order valence-corrected chi connectivity index (χ1v) is 10.3. The van der Waals surface area contributed by atoms with Gasteiger partial charge in [-0.15, -0.1) is 0 Å². The minimum atomic E-state index is -0.0409. The first-order valence-electron chi connectivity index (χ1n) is 10.3. The van der Waals surface area contributed by atoms with Crippen LogP contribution in [0, 0.1) is 5.41 Å². The molecule has 29 heavy (non-hydrogen) atoms. The first-order chi connectivity index (χ1) is 13.6. The zero-order valence-electron chi connectivity index (χ0n) is 18.0. The van der Waals surface area contributed by atoms with Crippen LogP contribution in [0.1, 0.15) is 72.4 Å². The highest BCUT2D eigenvalue weighted by molar-refractivity contribution is 6.04. The summed E-state index contributed by atoms with van der Waals surface area (Å²) in [4.78, 5) is 21.8. The van der Waals surface area contributed by atoms with Crippen LogP contribution in [0.3, 0.4) is 0 Å². The average molecular weight is 391 g/mol. The summed E-state index contributed by atoms with van der Waals surface area (Å²) in [5, 5.41) is 8.56. The van der Waals surface area contributed by atoms with Crippen LogP contribution in [-0.4, -0.2) is 42.1 Å². The average Bonchev–Trinajstić information content (AvgIpc) is 3.47. The fourth-order valence-corrected chi connectivity index (χ4v) is 3.74. The minimum Gasteiger partial charge on any atom is -0.378 e. The van der Waals surface area contributed by atoms with Crippen LogP contribution in [0.15, 0.2) is 30.3 Å². The summed E-state index contributed by atoms with van der Waals surface area (Å²) in [7, 11) is 3.98. The van der Waals surface area contributed by atoms with E-state index in [2.05, 4.69) is 39.0 Å². The van der Waals surface area contributed by atoms with Gasteiger partial charge in [0.2, 0.25) is 0 Å². The van der Waals surface area contributed by atoms with Crippen molar-refractivity contribution in [3.05, 3.63) is 58.4 Å². The lowest BCUT2D eigenvalue weighted by atomic mass is 9.85. The Morgan fingerprint density at radius 1 is 1.21 bits per heavy atom. The van der Waals surface area contributed by atoms with Crippen LogP contribution in [0.4, 0.5) is 5.69 Å². The Hall–Kier alpha value is -2.69. The zero-order chi connectivity index (χ0) is 20.9. The van der Waals surface area contributed by atoms with E-state index in [0.717, 1.165) is 28.2 Å². The van der Waals surface area contributed by atoms with Gasteiger partial charge in [0.25, 0.3) is 0 Å². The molecule has 0 bridgehead atoms. The van der Waals surface area contributed by atoms with Gasteiger partial charge in [0.05, 0.1) is 6.54 Å². The fraction of sp³-hybridized carbons (Fsp3) is 0.458. The third-order valence-electron chi connectivity index (χ3n) is 5.85. The summed E-state index contributed by atoms with van der Waals surface area (Å²) in [5.74, 6) is 0.975. The third kappa shape index (κ3) is 3.91. The molecule has 0 atom stereocenters. The number of aromatic nitrogens is 1. The lowest BCUT2D eigenvalue weighted by molar-refractivity contribution is 0.0962. The summed E-state index contributed by atoms with van der Waals surface area (Å²) < 4.78 is 0. The van der Waals surface area contributed by atoms with Gasteiger partial charge in [-0.05, 0) is 48.1 Å². The van der Waals surface area contributed by atoms with E-state index >= 15 is 0 Å². The number of benzene rings is 1. The highest BCUT2D eigenvalue weighted by Crippen LogP contribution is 2.39. The van der Waals surface area contributed by atoms with Crippen LogP contribution < -0.4 is 4.90 Å². The second-order valence-electron chi connectivity index (χ2n) is 9.56. The number of Topliss-reactive ketones (excluding diaryl/α,β-unsaturated/α-hetero) is 1. The van der Waals surface area contributed by atoms with Gasteiger partial charge in [-0.1, -0.05) is 26.8 Å². The van der Waals surface area contributed by atoms with Gasteiger partial charge in [-0.3, -0.25) is 10.2 Å². The summed E-state index contributed by atoms with van der Waals surface area (Å²) in [6.45, 7) is 7.26. The Bertz CT molecular complexity index is 983. The van der Waals surface area contributed by atoms with Crippen LogP contribution in [0.5, 0.6) is 0 Å². The predicted molar refractivity (Wildman–Crippen MR) is 117 cm³/mol. The topological polar surface area (TPSA) is 60.3 Å². The number of nitrogens with one attached hydrogen (secondary N) is 1. The van der Waals surface area contributed by atoms with E-state index in [1.807, 2.05) is 36.0 Å². The van der Waals surface area contributed by atoms with Gasteiger partial charge >= 0.3 is 0 Å².